The number of benzene rings is 2. The van der Waals surface area contributed by atoms with Crippen molar-refractivity contribution in [3.8, 4) is 0 Å². The third-order valence-electron chi connectivity index (χ3n) is 6.68. The second kappa shape index (κ2) is 9.07. The van der Waals surface area contributed by atoms with Gasteiger partial charge in [-0.2, -0.15) is 0 Å². The van der Waals surface area contributed by atoms with E-state index in [9.17, 15) is 14.9 Å². The van der Waals surface area contributed by atoms with Crippen LogP contribution >= 0.6 is 11.3 Å². The topological polar surface area (TPSA) is 82.8 Å². The molecule has 2 aliphatic rings. The molecule has 5 rings (SSSR count). The molecule has 1 amide bonds. The van der Waals surface area contributed by atoms with Gasteiger partial charge in [0.1, 0.15) is 10.7 Å². The van der Waals surface area contributed by atoms with Crippen molar-refractivity contribution in [1.82, 2.24) is 14.8 Å². The number of nitro benzene ring substituents is 1. The number of thiazole rings is 1. The second-order valence-electron chi connectivity index (χ2n) is 8.68. The quantitative estimate of drug-likeness (QED) is 0.412. The second-order valence-corrected chi connectivity index (χ2v) is 9.74. The zero-order chi connectivity index (χ0) is 22.9. The Labute approximate surface area is 196 Å². The molecule has 2 fully saturated rings. The zero-order valence-electron chi connectivity index (χ0n) is 18.6. The fourth-order valence-corrected chi connectivity index (χ4v) is 5.80. The molecule has 0 bridgehead atoms. The van der Waals surface area contributed by atoms with Gasteiger partial charge in [0.25, 0.3) is 11.6 Å². The number of para-hydroxylation sites is 1. The summed E-state index contributed by atoms with van der Waals surface area (Å²) in [6.45, 7) is 6.49. The number of piperazine rings is 1. The molecule has 1 aromatic heterocycles. The molecule has 0 spiro atoms. The summed E-state index contributed by atoms with van der Waals surface area (Å²) in [4.78, 5) is 35.4. The highest BCUT2D eigenvalue weighted by Gasteiger charge is 2.29. The van der Waals surface area contributed by atoms with Crippen molar-refractivity contribution in [3.63, 3.8) is 0 Å². The van der Waals surface area contributed by atoms with Gasteiger partial charge in [0.15, 0.2) is 0 Å². The molecule has 2 saturated heterocycles. The maximum atomic E-state index is 13.1. The summed E-state index contributed by atoms with van der Waals surface area (Å²) in [7, 11) is 0. The summed E-state index contributed by atoms with van der Waals surface area (Å²) in [5.74, 6) is -0.140. The van der Waals surface area contributed by atoms with E-state index in [1.54, 1.807) is 28.4 Å². The molecule has 3 heterocycles. The number of aromatic nitrogens is 1. The Balaban J connectivity index is 1.26. The van der Waals surface area contributed by atoms with E-state index in [0.29, 0.717) is 24.3 Å². The lowest BCUT2D eigenvalue weighted by atomic mass is 10.1. The minimum Gasteiger partial charge on any atom is -0.366 e. The van der Waals surface area contributed by atoms with Crippen LogP contribution in [-0.2, 0) is 0 Å². The minimum absolute atomic E-state index is 0.0193. The highest BCUT2D eigenvalue weighted by atomic mass is 32.1. The lowest BCUT2D eigenvalue weighted by molar-refractivity contribution is -0.384. The molecule has 33 heavy (non-hydrogen) atoms. The maximum absolute atomic E-state index is 13.1. The number of rotatable bonds is 5. The monoisotopic (exact) mass is 465 g/mol. The number of fused-ring (bicyclic) bond motifs is 1. The van der Waals surface area contributed by atoms with Gasteiger partial charge >= 0.3 is 0 Å². The van der Waals surface area contributed by atoms with E-state index in [1.165, 1.54) is 10.8 Å². The first kappa shape index (κ1) is 21.8. The van der Waals surface area contributed by atoms with Crippen LogP contribution in [0.25, 0.3) is 10.2 Å². The molecule has 0 radical (unpaired) electrons. The SMILES string of the molecule is C[C@H](c1nc2ccccc2s1)N1CCN(C(=O)c2ccc(N3CCCC3)c([N+](=O)[O-])c2)CC1. The highest BCUT2D eigenvalue weighted by molar-refractivity contribution is 7.18. The average Bonchev–Trinajstić information content (AvgIpc) is 3.53. The fourth-order valence-electron chi connectivity index (χ4n) is 4.75. The third kappa shape index (κ3) is 4.30. The molecule has 8 nitrogen and oxygen atoms in total. The van der Waals surface area contributed by atoms with Crippen molar-refractivity contribution in [2.24, 2.45) is 0 Å². The number of carbonyl (C=O) groups is 1. The first-order valence-electron chi connectivity index (χ1n) is 11.4. The van der Waals surface area contributed by atoms with Gasteiger partial charge in [0.2, 0.25) is 0 Å². The molecule has 0 N–H and O–H groups in total. The van der Waals surface area contributed by atoms with Crippen LogP contribution < -0.4 is 4.90 Å². The third-order valence-corrected chi connectivity index (χ3v) is 7.89. The molecule has 0 saturated carbocycles. The van der Waals surface area contributed by atoms with E-state index in [2.05, 4.69) is 17.9 Å². The fraction of sp³-hybridized carbons (Fsp3) is 0.417. The summed E-state index contributed by atoms with van der Waals surface area (Å²) >= 11 is 1.72. The van der Waals surface area contributed by atoms with Gasteiger partial charge in [0.05, 0.1) is 21.2 Å². The number of hydrogen-bond acceptors (Lipinski definition) is 7. The summed E-state index contributed by atoms with van der Waals surface area (Å²) in [6, 6.07) is 13.3. The normalized spacial score (nSPS) is 18.1. The molecular formula is C24H27N5O3S. The van der Waals surface area contributed by atoms with Crippen molar-refractivity contribution < 1.29 is 9.72 Å². The van der Waals surface area contributed by atoms with E-state index in [4.69, 9.17) is 4.98 Å². The predicted molar refractivity (Wildman–Crippen MR) is 130 cm³/mol. The van der Waals surface area contributed by atoms with Crippen LogP contribution in [0.15, 0.2) is 42.5 Å². The number of carbonyl (C=O) groups excluding carboxylic acids is 1. The molecule has 0 aliphatic carbocycles. The van der Waals surface area contributed by atoms with Crippen LogP contribution in [0.5, 0.6) is 0 Å². The number of amides is 1. The first-order chi connectivity index (χ1) is 16.0. The van der Waals surface area contributed by atoms with Gasteiger partial charge in [-0.1, -0.05) is 12.1 Å². The van der Waals surface area contributed by atoms with Crippen molar-refractivity contribution in [1.29, 1.82) is 0 Å². The van der Waals surface area contributed by atoms with Gasteiger partial charge in [0, 0.05) is 50.9 Å². The van der Waals surface area contributed by atoms with Crippen molar-refractivity contribution in [3.05, 3.63) is 63.1 Å². The molecular weight excluding hydrogens is 438 g/mol. The van der Waals surface area contributed by atoms with Gasteiger partial charge in [-0.25, -0.2) is 4.98 Å². The molecule has 172 valence electrons. The summed E-state index contributed by atoms with van der Waals surface area (Å²) in [6.07, 6.45) is 2.08. The summed E-state index contributed by atoms with van der Waals surface area (Å²) < 4.78 is 1.19. The van der Waals surface area contributed by atoms with E-state index in [-0.39, 0.29) is 22.6 Å². The van der Waals surface area contributed by atoms with E-state index >= 15 is 0 Å². The lowest BCUT2D eigenvalue weighted by Gasteiger charge is -2.37. The van der Waals surface area contributed by atoms with Crippen LogP contribution in [0.3, 0.4) is 0 Å². The van der Waals surface area contributed by atoms with E-state index < -0.39 is 0 Å². The highest BCUT2D eigenvalue weighted by Crippen LogP contribution is 2.33. The summed E-state index contributed by atoms with van der Waals surface area (Å²) in [5.41, 5.74) is 2.05. The van der Waals surface area contributed by atoms with Gasteiger partial charge in [-0.05, 0) is 44.0 Å². The molecule has 2 aromatic carbocycles. The Morgan fingerprint density at radius 1 is 1.06 bits per heavy atom. The van der Waals surface area contributed by atoms with E-state index in [0.717, 1.165) is 49.5 Å². The van der Waals surface area contributed by atoms with Crippen molar-refractivity contribution in [2.45, 2.75) is 25.8 Å². The Bertz CT molecular complexity index is 1150. The Morgan fingerprint density at radius 2 is 1.79 bits per heavy atom. The van der Waals surface area contributed by atoms with Crippen molar-refractivity contribution in [2.75, 3.05) is 44.2 Å². The lowest BCUT2D eigenvalue weighted by Crippen LogP contribution is -2.49. The number of anilines is 1. The minimum atomic E-state index is -0.373. The number of hydrogen-bond donors (Lipinski definition) is 0. The standard InChI is InChI=1S/C24H27N5O3S/c1-17(23-25-19-6-2-3-7-22(19)33-23)26-12-14-28(15-13-26)24(30)18-8-9-20(21(16-18)29(31)32)27-10-4-5-11-27/h2-3,6-9,16-17H,4-5,10-15H2,1H3/t17-/m1/s1. The van der Waals surface area contributed by atoms with Crippen LogP contribution in [0.4, 0.5) is 11.4 Å². The first-order valence-corrected chi connectivity index (χ1v) is 12.2. The van der Waals surface area contributed by atoms with Crippen LogP contribution in [0, 0.1) is 10.1 Å². The van der Waals surface area contributed by atoms with Crippen LogP contribution in [0.2, 0.25) is 0 Å². The van der Waals surface area contributed by atoms with Crippen LogP contribution in [-0.4, -0.2) is 64.9 Å². The molecule has 2 aliphatic heterocycles. The Morgan fingerprint density at radius 3 is 2.48 bits per heavy atom. The van der Waals surface area contributed by atoms with Crippen molar-refractivity contribution >= 4 is 38.8 Å². The van der Waals surface area contributed by atoms with Gasteiger partial charge < -0.3 is 9.80 Å². The summed E-state index contributed by atoms with van der Waals surface area (Å²) in [5, 5.41) is 12.8. The molecule has 3 aromatic rings. The number of nitrogens with zero attached hydrogens (tertiary/aromatic N) is 5. The smallest absolute Gasteiger partial charge is 0.293 e. The average molecular weight is 466 g/mol. The van der Waals surface area contributed by atoms with Gasteiger partial charge in [-0.3, -0.25) is 19.8 Å². The van der Waals surface area contributed by atoms with Gasteiger partial charge in [-0.15, -0.1) is 11.3 Å². The van der Waals surface area contributed by atoms with Crippen LogP contribution in [0.1, 0.15) is 41.2 Å². The molecule has 1 atom stereocenters. The Kier molecular flexibility index (Phi) is 5.99. The zero-order valence-corrected chi connectivity index (χ0v) is 19.5. The Hall–Kier alpha value is -3.04. The number of nitro groups is 1. The largest absolute Gasteiger partial charge is 0.366 e. The predicted octanol–water partition coefficient (Wildman–Crippen LogP) is 4.32. The molecule has 0 unspecified atom stereocenters. The van der Waals surface area contributed by atoms with E-state index in [1.807, 2.05) is 23.1 Å². The maximum Gasteiger partial charge on any atom is 0.293 e. The molecule has 9 heteroatoms.